The summed E-state index contributed by atoms with van der Waals surface area (Å²) in [5, 5.41) is 3.02. The second-order valence-electron chi connectivity index (χ2n) is 5.54. The highest BCUT2D eigenvalue weighted by Crippen LogP contribution is 2.38. The number of nitrogens with one attached hydrogen (secondary N) is 2. The lowest BCUT2D eigenvalue weighted by Crippen LogP contribution is -2.20. The number of nitrogen functional groups attached to an aromatic ring is 1. The molecule has 0 amide bonds. The summed E-state index contributed by atoms with van der Waals surface area (Å²) in [6.07, 6.45) is 2.98. The van der Waals surface area contributed by atoms with Crippen LogP contribution in [0.15, 0.2) is 6.07 Å². The van der Waals surface area contributed by atoms with Crippen molar-refractivity contribution in [3.8, 4) is 0 Å². The fourth-order valence-corrected chi connectivity index (χ4v) is 2.42. The van der Waals surface area contributed by atoms with E-state index in [-0.39, 0.29) is 23.1 Å². The Kier molecular flexibility index (Phi) is 3.38. The average Bonchev–Trinajstić information content (AvgIpc) is 2.62. The van der Waals surface area contributed by atoms with Gasteiger partial charge >= 0.3 is 0 Å². The molecule has 0 saturated heterocycles. The molecule has 1 fully saturated rings. The standard InChI is InChI=1S/C12H18F2N4/c1-12(2)4-3-7(6-12)16-10-8(13)5-9(14)11(17-10)18-15/h5,7H,3-4,6,15H2,1-2H3,(H2,16,17,18). The van der Waals surface area contributed by atoms with E-state index in [0.29, 0.717) is 0 Å². The molecule has 2 rings (SSSR count). The third kappa shape index (κ3) is 2.69. The molecule has 6 heteroatoms. The van der Waals surface area contributed by atoms with Crippen LogP contribution in [0.3, 0.4) is 0 Å². The molecule has 0 bridgehead atoms. The first kappa shape index (κ1) is 13.0. The molecule has 0 radical (unpaired) electrons. The van der Waals surface area contributed by atoms with Crippen LogP contribution in [0.5, 0.6) is 0 Å². The SMILES string of the molecule is CC1(C)CCC(Nc2nc(NN)c(F)cc2F)C1. The lowest BCUT2D eigenvalue weighted by atomic mass is 9.92. The first-order valence-electron chi connectivity index (χ1n) is 6.00. The monoisotopic (exact) mass is 256 g/mol. The van der Waals surface area contributed by atoms with Crippen LogP contribution < -0.4 is 16.6 Å². The van der Waals surface area contributed by atoms with E-state index in [1.54, 1.807) is 0 Å². The fraction of sp³-hybridized carbons (Fsp3) is 0.583. The lowest BCUT2D eigenvalue weighted by molar-refractivity contribution is 0.378. The predicted octanol–water partition coefficient (Wildman–Crippen LogP) is 2.64. The van der Waals surface area contributed by atoms with E-state index in [4.69, 9.17) is 5.84 Å². The van der Waals surface area contributed by atoms with Crippen molar-refractivity contribution >= 4 is 11.6 Å². The van der Waals surface area contributed by atoms with Gasteiger partial charge < -0.3 is 10.7 Å². The summed E-state index contributed by atoms with van der Waals surface area (Å²) in [6, 6.07) is 0.947. The largest absolute Gasteiger partial charge is 0.365 e. The molecule has 1 atom stereocenters. The normalized spacial score (nSPS) is 21.9. The number of hydrogen-bond acceptors (Lipinski definition) is 4. The van der Waals surface area contributed by atoms with Crippen molar-refractivity contribution in [2.45, 2.75) is 39.2 Å². The number of aromatic nitrogens is 1. The van der Waals surface area contributed by atoms with Crippen molar-refractivity contribution in [2.75, 3.05) is 10.7 Å². The van der Waals surface area contributed by atoms with Gasteiger partial charge in [0.15, 0.2) is 23.3 Å². The maximum Gasteiger partial charge on any atom is 0.178 e. The summed E-state index contributed by atoms with van der Waals surface area (Å²) in [6.45, 7) is 4.35. The average molecular weight is 256 g/mol. The molecule has 1 heterocycles. The van der Waals surface area contributed by atoms with E-state index in [1.165, 1.54) is 0 Å². The second kappa shape index (κ2) is 4.68. The quantitative estimate of drug-likeness (QED) is 0.574. The van der Waals surface area contributed by atoms with Crippen molar-refractivity contribution in [2.24, 2.45) is 11.3 Å². The number of nitrogens with two attached hydrogens (primary N) is 1. The molecule has 0 spiro atoms. The van der Waals surface area contributed by atoms with Crippen LogP contribution in [0, 0.1) is 17.0 Å². The molecule has 1 saturated carbocycles. The molecular formula is C12H18F2N4. The molecule has 18 heavy (non-hydrogen) atoms. The Hall–Kier alpha value is -1.43. The van der Waals surface area contributed by atoms with Gasteiger partial charge in [-0.15, -0.1) is 0 Å². The zero-order valence-corrected chi connectivity index (χ0v) is 10.6. The zero-order chi connectivity index (χ0) is 13.3. The Morgan fingerprint density at radius 3 is 2.56 bits per heavy atom. The highest BCUT2D eigenvalue weighted by Gasteiger charge is 2.31. The highest BCUT2D eigenvalue weighted by atomic mass is 19.1. The molecular weight excluding hydrogens is 238 g/mol. The van der Waals surface area contributed by atoms with Crippen LogP contribution in [-0.4, -0.2) is 11.0 Å². The highest BCUT2D eigenvalue weighted by molar-refractivity contribution is 5.47. The van der Waals surface area contributed by atoms with Crippen molar-refractivity contribution in [1.29, 1.82) is 0 Å². The smallest absolute Gasteiger partial charge is 0.178 e. The number of pyridine rings is 1. The van der Waals surface area contributed by atoms with Gasteiger partial charge in [-0.1, -0.05) is 13.8 Å². The van der Waals surface area contributed by atoms with Gasteiger partial charge in [0.05, 0.1) is 0 Å². The summed E-state index contributed by atoms with van der Waals surface area (Å²) in [7, 11) is 0. The minimum absolute atomic E-state index is 0.0482. The first-order valence-corrected chi connectivity index (χ1v) is 6.00. The van der Waals surface area contributed by atoms with Crippen LogP contribution in [-0.2, 0) is 0 Å². The van der Waals surface area contributed by atoms with Gasteiger partial charge in [-0.3, -0.25) is 0 Å². The van der Waals surface area contributed by atoms with Crippen molar-refractivity contribution < 1.29 is 8.78 Å². The predicted molar refractivity (Wildman–Crippen MR) is 67.0 cm³/mol. The van der Waals surface area contributed by atoms with Gasteiger partial charge in [0.25, 0.3) is 0 Å². The summed E-state index contributed by atoms with van der Waals surface area (Å²) in [5.74, 6) is 3.51. The first-order chi connectivity index (χ1) is 8.41. The zero-order valence-electron chi connectivity index (χ0n) is 10.6. The van der Waals surface area contributed by atoms with Gasteiger partial charge in [-0.25, -0.2) is 19.6 Å². The number of hydrazine groups is 1. The Morgan fingerprint density at radius 2 is 2.00 bits per heavy atom. The number of rotatable bonds is 3. The maximum absolute atomic E-state index is 13.6. The molecule has 1 unspecified atom stereocenters. The third-order valence-corrected chi connectivity index (χ3v) is 3.38. The topological polar surface area (TPSA) is 63.0 Å². The molecule has 1 aliphatic rings. The van der Waals surface area contributed by atoms with E-state index in [1.807, 2.05) is 0 Å². The van der Waals surface area contributed by atoms with Crippen LogP contribution in [0.1, 0.15) is 33.1 Å². The summed E-state index contributed by atoms with van der Waals surface area (Å²) < 4.78 is 26.8. The van der Waals surface area contributed by atoms with Gasteiger partial charge in [0.2, 0.25) is 0 Å². The number of halogens is 2. The molecule has 1 aliphatic carbocycles. The van der Waals surface area contributed by atoms with Crippen molar-refractivity contribution in [3.63, 3.8) is 0 Å². The van der Waals surface area contributed by atoms with Crippen LogP contribution in [0.4, 0.5) is 20.4 Å². The summed E-state index contributed by atoms with van der Waals surface area (Å²) >= 11 is 0. The summed E-state index contributed by atoms with van der Waals surface area (Å²) in [4.78, 5) is 3.80. The second-order valence-corrected chi connectivity index (χ2v) is 5.54. The molecule has 100 valence electrons. The van der Waals surface area contributed by atoms with Crippen molar-refractivity contribution in [3.05, 3.63) is 17.7 Å². The number of anilines is 2. The van der Waals surface area contributed by atoms with E-state index in [2.05, 4.69) is 29.6 Å². The molecule has 0 aromatic carbocycles. The van der Waals surface area contributed by atoms with Crippen molar-refractivity contribution in [1.82, 2.24) is 4.98 Å². The number of nitrogens with zero attached hydrogens (tertiary/aromatic N) is 1. The van der Waals surface area contributed by atoms with E-state index in [0.717, 1.165) is 25.3 Å². The van der Waals surface area contributed by atoms with E-state index < -0.39 is 11.6 Å². The van der Waals surface area contributed by atoms with Gasteiger partial charge in [-0.2, -0.15) is 0 Å². The van der Waals surface area contributed by atoms with E-state index in [9.17, 15) is 8.78 Å². The van der Waals surface area contributed by atoms with Gasteiger partial charge in [-0.05, 0) is 24.7 Å². The maximum atomic E-state index is 13.6. The molecule has 4 nitrogen and oxygen atoms in total. The summed E-state index contributed by atoms with van der Waals surface area (Å²) in [5.41, 5.74) is 2.36. The Morgan fingerprint density at radius 1 is 1.33 bits per heavy atom. The van der Waals surface area contributed by atoms with E-state index >= 15 is 0 Å². The fourth-order valence-electron chi connectivity index (χ4n) is 2.42. The van der Waals surface area contributed by atoms with Crippen LogP contribution in [0.2, 0.25) is 0 Å². The number of hydrogen-bond donors (Lipinski definition) is 3. The van der Waals surface area contributed by atoms with Crippen LogP contribution >= 0.6 is 0 Å². The Labute approximate surface area is 105 Å². The molecule has 1 aromatic heterocycles. The van der Waals surface area contributed by atoms with Gasteiger partial charge in [0, 0.05) is 12.1 Å². The molecule has 1 aromatic rings. The molecule has 0 aliphatic heterocycles. The molecule has 4 N–H and O–H groups in total. The third-order valence-electron chi connectivity index (χ3n) is 3.38. The lowest BCUT2D eigenvalue weighted by Gasteiger charge is -2.18. The van der Waals surface area contributed by atoms with Gasteiger partial charge in [0.1, 0.15) is 0 Å². The minimum Gasteiger partial charge on any atom is -0.365 e. The Bertz CT molecular complexity index is 448. The van der Waals surface area contributed by atoms with Crippen LogP contribution in [0.25, 0.3) is 0 Å². The Balaban J connectivity index is 2.14. The minimum atomic E-state index is -0.799.